The highest BCUT2D eigenvalue weighted by molar-refractivity contribution is 14.1. The van der Waals surface area contributed by atoms with E-state index in [0.29, 0.717) is 0 Å². The van der Waals surface area contributed by atoms with Gasteiger partial charge in [0, 0.05) is 16.4 Å². The molecule has 23 heavy (non-hydrogen) atoms. The van der Waals surface area contributed by atoms with Crippen molar-refractivity contribution in [3.05, 3.63) is 62.1 Å². The Morgan fingerprint density at radius 1 is 1.04 bits per heavy atom. The Morgan fingerprint density at radius 3 is 2.43 bits per heavy atom. The standard InChI is InChI=1S/C18H17IO2S2/c1-20-14-6-3-12(4-7-14)10-22-17-16-9-15(21-2)8-5-13(16)11-23-18(17)19/h3-9H,10-11H2,1-2H3. The quantitative estimate of drug-likeness (QED) is 0.518. The molecule has 0 aliphatic carbocycles. The molecule has 3 rings (SSSR count). The van der Waals surface area contributed by atoms with Gasteiger partial charge < -0.3 is 9.47 Å². The summed E-state index contributed by atoms with van der Waals surface area (Å²) in [5.74, 6) is 3.80. The maximum atomic E-state index is 5.40. The lowest BCUT2D eigenvalue weighted by Crippen LogP contribution is -1.98. The number of methoxy groups -OCH3 is 2. The molecule has 0 N–H and O–H groups in total. The van der Waals surface area contributed by atoms with E-state index in [9.17, 15) is 0 Å². The van der Waals surface area contributed by atoms with Gasteiger partial charge in [0.2, 0.25) is 0 Å². The van der Waals surface area contributed by atoms with Crippen molar-refractivity contribution in [2.75, 3.05) is 14.2 Å². The van der Waals surface area contributed by atoms with Crippen molar-refractivity contribution in [3.63, 3.8) is 0 Å². The van der Waals surface area contributed by atoms with Crippen molar-refractivity contribution in [1.29, 1.82) is 0 Å². The van der Waals surface area contributed by atoms with Gasteiger partial charge in [0.05, 0.1) is 17.1 Å². The number of thioether (sulfide) groups is 2. The minimum atomic E-state index is 0.899. The predicted molar refractivity (Wildman–Crippen MR) is 110 cm³/mol. The first kappa shape index (κ1) is 17.0. The van der Waals surface area contributed by atoms with Crippen molar-refractivity contribution >= 4 is 51.0 Å². The Bertz CT molecular complexity index is 726. The van der Waals surface area contributed by atoms with Gasteiger partial charge in [0.15, 0.2) is 0 Å². The van der Waals surface area contributed by atoms with Crippen LogP contribution in [0.1, 0.15) is 16.7 Å². The van der Waals surface area contributed by atoms with E-state index < -0.39 is 0 Å². The number of fused-ring (bicyclic) bond motifs is 1. The second-order valence-electron chi connectivity index (χ2n) is 5.05. The van der Waals surface area contributed by atoms with Crippen LogP contribution in [0.3, 0.4) is 0 Å². The van der Waals surface area contributed by atoms with Crippen molar-refractivity contribution < 1.29 is 9.47 Å². The van der Waals surface area contributed by atoms with Gasteiger partial charge in [-0.25, -0.2) is 0 Å². The van der Waals surface area contributed by atoms with E-state index in [1.165, 1.54) is 24.5 Å². The maximum Gasteiger partial charge on any atom is 0.119 e. The van der Waals surface area contributed by atoms with Crippen LogP contribution in [0.5, 0.6) is 11.5 Å². The van der Waals surface area contributed by atoms with Crippen LogP contribution in [-0.2, 0) is 11.5 Å². The van der Waals surface area contributed by atoms with Crippen LogP contribution >= 0.6 is 46.1 Å². The fourth-order valence-electron chi connectivity index (χ4n) is 2.34. The maximum absolute atomic E-state index is 5.40. The number of halogens is 1. The van der Waals surface area contributed by atoms with Crippen LogP contribution in [0, 0.1) is 0 Å². The van der Waals surface area contributed by atoms with Crippen molar-refractivity contribution in [2.45, 2.75) is 11.5 Å². The van der Waals surface area contributed by atoms with Crippen LogP contribution in [0.25, 0.3) is 4.91 Å². The molecule has 0 saturated heterocycles. The molecule has 2 nitrogen and oxygen atoms in total. The predicted octanol–water partition coefficient (Wildman–Crippen LogP) is 5.95. The summed E-state index contributed by atoms with van der Waals surface area (Å²) in [5.41, 5.74) is 3.99. The summed E-state index contributed by atoms with van der Waals surface area (Å²) < 4.78 is 12.0. The van der Waals surface area contributed by atoms with Crippen LogP contribution in [0.2, 0.25) is 0 Å². The zero-order valence-corrected chi connectivity index (χ0v) is 16.8. The lowest BCUT2D eigenvalue weighted by atomic mass is 10.1. The first-order valence-electron chi connectivity index (χ1n) is 7.17. The van der Waals surface area contributed by atoms with Gasteiger partial charge >= 0.3 is 0 Å². The van der Waals surface area contributed by atoms with Crippen LogP contribution in [0.15, 0.2) is 45.4 Å². The zero-order chi connectivity index (χ0) is 16.2. The number of benzene rings is 2. The molecule has 1 heterocycles. The second kappa shape index (κ2) is 7.85. The number of hydrogen-bond donors (Lipinski definition) is 0. The lowest BCUT2D eigenvalue weighted by Gasteiger charge is -2.20. The zero-order valence-electron chi connectivity index (χ0n) is 13.0. The van der Waals surface area contributed by atoms with E-state index in [-0.39, 0.29) is 0 Å². The van der Waals surface area contributed by atoms with Gasteiger partial charge in [-0.2, -0.15) is 0 Å². The summed E-state index contributed by atoms with van der Waals surface area (Å²) in [4.78, 5) is 1.35. The number of rotatable bonds is 5. The normalized spacial score (nSPS) is 13.7. The highest BCUT2D eigenvalue weighted by Gasteiger charge is 2.19. The Morgan fingerprint density at radius 2 is 1.74 bits per heavy atom. The first-order chi connectivity index (χ1) is 11.2. The summed E-state index contributed by atoms with van der Waals surface area (Å²) in [6, 6.07) is 14.7. The Balaban J connectivity index is 1.81. The van der Waals surface area contributed by atoms with Crippen LogP contribution < -0.4 is 9.47 Å². The molecule has 0 fully saturated rings. The molecule has 1 aliphatic heterocycles. The third-order valence-corrected chi connectivity index (χ3v) is 7.71. The average molecular weight is 456 g/mol. The van der Waals surface area contributed by atoms with E-state index in [1.807, 2.05) is 41.7 Å². The van der Waals surface area contributed by atoms with Gasteiger partial charge in [0.25, 0.3) is 0 Å². The first-order valence-corrected chi connectivity index (χ1v) is 10.2. The van der Waals surface area contributed by atoms with Gasteiger partial charge in [0.1, 0.15) is 11.5 Å². The Hall–Kier alpha value is -0.790. The summed E-state index contributed by atoms with van der Waals surface area (Å²) in [6.07, 6.45) is 0. The molecule has 2 aromatic carbocycles. The molecular formula is C18H17IO2S2. The van der Waals surface area contributed by atoms with Crippen molar-refractivity contribution in [3.8, 4) is 11.5 Å². The largest absolute Gasteiger partial charge is 0.497 e. The smallest absolute Gasteiger partial charge is 0.119 e. The highest BCUT2D eigenvalue weighted by Crippen LogP contribution is 2.48. The second-order valence-corrected chi connectivity index (χ2v) is 8.83. The fraction of sp³-hybridized carbons (Fsp3) is 0.222. The lowest BCUT2D eigenvalue weighted by molar-refractivity contribution is 0.414. The molecule has 0 atom stereocenters. The average Bonchev–Trinajstić information content (AvgIpc) is 2.61. The van der Waals surface area contributed by atoms with E-state index >= 15 is 0 Å². The summed E-state index contributed by atoms with van der Waals surface area (Å²) in [5, 5.41) is 0. The van der Waals surface area contributed by atoms with Gasteiger partial charge in [-0.1, -0.05) is 18.2 Å². The third-order valence-electron chi connectivity index (χ3n) is 3.64. The highest BCUT2D eigenvalue weighted by atomic mass is 127. The van der Waals surface area contributed by atoms with Crippen molar-refractivity contribution in [1.82, 2.24) is 0 Å². The minimum absolute atomic E-state index is 0.899. The molecule has 0 radical (unpaired) electrons. The fourth-order valence-corrected chi connectivity index (χ4v) is 5.66. The van der Waals surface area contributed by atoms with Crippen LogP contribution in [-0.4, -0.2) is 14.2 Å². The molecule has 0 saturated carbocycles. The molecule has 5 heteroatoms. The molecule has 0 spiro atoms. The van der Waals surface area contributed by atoms with Gasteiger partial charge in [-0.15, -0.1) is 23.5 Å². The van der Waals surface area contributed by atoms with E-state index in [2.05, 4.69) is 46.9 Å². The monoisotopic (exact) mass is 456 g/mol. The van der Waals surface area contributed by atoms with Crippen LogP contribution in [0.4, 0.5) is 0 Å². The molecule has 0 amide bonds. The summed E-state index contributed by atoms with van der Waals surface area (Å²) >= 11 is 6.25. The van der Waals surface area contributed by atoms with Gasteiger partial charge in [-0.05, 0) is 63.5 Å². The van der Waals surface area contributed by atoms with E-state index in [4.69, 9.17) is 9.47 Å². The third kappa shape index (κ3) is 4.00. The number of ether oxygens (including phenoxy) is 2. The molecule has 2 aromatic rings. The summed E-state index contributed by atoms with van der Waals surface area (Å²) in [7, 11) is 3.42. The number of hydrogen-bond acceptors (Lipinski definition) is 4. The van der Waals surface area contributed by atoms with Gasteiger partial charge in [-0.3, -0.25) is 0 Å². The van der Waals surface area contributed by atoms with E-state index in [1.54, 1.807) is 14.2 Å². The van der Waals surface area contributed by atoms with E-state index in [0.717, 1.165) is 23.0 Å². The topological polar surface area (TPSA) is 18.5 Å². The SMILES string of the molecule is COc1ccc(CSC2=C(I)SCc3ccc(OC)cc32)cc1. The molecule has 0 bridgehead atoms. The molecule has 0 unspecified atom stereocenters. The Labute approximate surface area is 159 Å². The molecule has 1 aliphatic rings. The molecular weight excluding hydrogens is 439 g/mol. The summed E-state index contributed by atoms with van der Waals surface area (Å²) in [6.45, 7) is 0. The molecule has 120 valence electrons. The minimum Gasteiger partial charge on any atom is -0.497 e. The van der Waals surface area contributed by atoms with Crippen molar-refractivity contribution in [2.24, 2.45) is 0 Å². The Kier molecular flexibility index (Phi) is 5.82. The molecule has 0 aromatic heterocycles.